The van der Waals surface area contributed by atoms with Crippen molar-refractivity contribution >= 4 is 32.0 Å². The molecule has 0 spiro atoms. The highest BCUT2D eigenvalue weighted by molar-refractivity contribution is 9.10. The van der Waals surface area contributed by atoms with Crippen LogP contribution in [-0.4, -0.2) is 31.0 Å². The van der Waals surface area contributed by atoms with Crippen LogP contribution < -0.4 is 5.32 Å². The molecule has 0 saturated carbocycles. The van der Waals surface area contributed by atoms with Gasteiger partial charge in [-0.15, -0.1) is 0 Å². The lowest BCUT2D eigenvalue weighted by Crippen LogP contribution is -2.36. The summed E-state index contributed by atoms with van der Waals surface area (Å²) in [6.45, 7) is 7.85. The number of nitrogens with zero attached hydrogens (tertiary/aromatic N) is 1. The number of halogens is 1. The number of alkyl carbamates (subject to hydrolysis) is 1. The molecule has 0 bridgehead atoms. The second kappa shape index (κ2) is 8.69. The molecule has 6 nitrogen and oxygen atoms in total. The van der Waals surface area contributed by atoms with E-state index in [0.717, 1.165) is 21.2 Å². The zero-order valence-electron chi connectivity index (χ0n) is 17.6. The predicted molar refractivity (Wildman–Crippen MR) is 120 cm³/mol. The average Bonchev–Trinajstić information content (AvgIpc) is 2.80. The first-order valence-electron chi connectivity index (χ1n) is 9.80. The molecule has 1 atom stereocenters. The summed E-state index contributed by atoms with van der Waals surface area (Å²) in [5, 5.41) is 2.91. The highest BCUT2D eigenvalue weighted by Gasteiger charge is 2.31. The number of aryl methyl sites for hydroxylation is 1. The van der Waals surface area contributed by atoms with E-state index < -0.39 is 21.7 Å². The third kappa shape index (κ3) is 5.42. The third-order valence-electron chi connectivity index (χ3n) is 4.84. The van der Waals surface area contributed by atoms with Crippen LogP contribution in [0.1, 0.15) is 49.9 Å². The lowest BCUT2D eigenvalue weighted by atomic mass is 9.99. The zero-order valence-corrected chi connectivity index (χ0v) is 20.0. The van der Waals surface area contributed by atoms with E-state index in [0.29, 0.717) is 6.42 Å². The van der Waals surface area contributed by atoms with Gasteiger partial charge in [0.25, 0.3) is 0 Å². The highest BCUT2D eigenvalue weighted by atomic mass is 79.9. The van der Waals surface area contributed by atoms with Crippen LogP contribution in [0.2, 0.25) is 0 Å². The van der Waals surface area contributed by atoms with Gasteiger partial charge < -0.3 is 10.1 Å². The molecule has 0 saturated heterocycles. The molecule has 0 aliphatic carbocycles. The summed E-state index contributed by atoms with van der Waals surface area (Å²) in [6, 6.07) is 12.2. The minimum atomic E-state index is -3.66. The van der Waals surface area contributed by atoms with E-state index in [4.69, 9.17) is 4.74 Å². The summed E-state index contributed by atoms with van der Waals surface area (Å²) in [4.78, 5) is 12.6. The Morgan fingerprint density at radius 3 is 2.47 bits per heavy atom. The van der Waals surface area contributed by atoms with Crippen molar-refractivity contribution in [1.29, 1.82) is 0 Å². The first-order chi connectivity index (χ1) is 14.0. The molecule has 0 radical (unpaired) electrons. The summed E-state index contributed by atoms with van der Waals surface area (Å²) >= 11 is 3.47. The molecule has 1 unspecified atom stereocenters. The Morgan fingerprint density at radius 2 is 1.83 bits per heavy atom. The maximum absolute atomic E-state index is 13.3. The minimum absolute atomic E-state index is 0.234. The Kier molecular flexibility index (Phi) is 6.60. The van der Waals surface area contributed by atoms with Gasteiger partial charge in [0.05, 0.1) is 10.9 Å². The Hall–Kier alpha value is -1.90. The molecular formula is C22H27BrN2O4S. The summed E-state index contributed by atoms with van der Waals surface area (Å²) < 4.78 is 34.3. The van der Waals surface area contributed by atoms with E-state index in [9.17, 15) is 13.2 Å². The molecule has 162 valence electrons. The van der Waals surface area contributed by atoms with Gasteiger partial charge in [-0.25, -0.2) is 13.2 Å². The number of carbonyl (C=O) groups is 1. The van der Waals surface area contributed by atoms with Crippen molar-refractivity contribution in [3.05, 3.63) is 63.6 Å². The third-order valence-corrected chi connectivity index (χ3v) is 7.20. The fourth-order valence-corrected chi connectivity index (χ4v) is 5.25. The van der Waals surface area contributed by atoms with Crippen LogP contribution in [0.15, 0.2) is 51.8 Å². The molecule has 0 fully saturated rings. The number of fused-ring (bicyclic) bond motifs is 1. The number of benzene rings is 2. The minimum Gasteiger partial charge on any atom is -0.444 e. The molecule has 2 aromatic carbocycles. The van der Waals surface area contributed by atoms with Gasteiger partial charge in [0, 0.05) is 17.6 Å². The monoisotopic (exact) mass is 494 g/mol. The van der Waals surface area contributed by atoms with Crippen LogP contribution in [0.5, 0.6) is 0 Å². The van der Waals surface area contributed by atoms with Gasteiger partial charge in [0.15, 0.2) is 0 Å². The van der Waals surface area contributed by atoms with Crippen molar-refractivity contribution in [3.63, 3.8) is 0 Å². The molecule has 2 aromatic rings. The van der Waals surface area contributed by atoms with Gasteiger partial charge in [-0.3, -0.25) is 0 Å². The van der Waals surface area contributed by atoms with Crippen LogP contribution >= 0.6 is 15.9 Å². The fourth-order valence-electron chi connectivity index (χ4n) is 3.41. The number of amides is 1. The Labute approximate surface area is 186 Å². The number of carbonyl (C=O) groups excluding carboxylic acids is 1. The van der Waals surface area contributed by atoms with Crippen molar-refractivity contribution in [1.82, 2.24) is 9.62 Å². The normalized spacial score (nSPS) is 17.7. The average molecular weight is 495 g/mol. The highest BCUT2D eigenvalue weighted by Crippen LogP contribution is 2.32. The van der Waals surface area contributed by atoms with Crippen molar-refractivity contribution in [2.75, 3.05) is 6.54 Å². The number of sulfonamides is 1. The second-order valence-electron chi connectivity index (χ2n) is 8.48. The molecule has 8 heteroatoms. The largest absolute Gasteiger partial charge is 0.444 e. The van der Waals surface area contributed by atoms with Crippen LogP contribution in [0, 0.1) is 6.92 Å². The maximum atomic E-state index is 13.3. The van der Waals surface area contributed by atoms with Crippen LogP contribution in [0.25, 0.3) is 0 Å². The predicted octanol–water partition coefficient (Wildman–Crippen LogP) is 4.92. The zero-order chi connectivity index (χ0) is 22.1. The lowest BCUT2D eigenvalue weighted by molar-refractivity contribution is 0.0501. The first-order valence-corrected chi connectivity index (χ1v) is 12.0. The van der Waals surface area contributed by atoms with Crippen LogP contribution in [0.3, 0.4) is 0 Å². The standard InChI is InChI=1S/C22H27BrN2O4S/c1-15-5-8-18(9-6-15)30(27,28)25-12-11-20(24-21(26)29-22(2,3)4)19-10-7-17(23)13-16(19)14-25/h5-10,13,20H,11-12,14H2,1-4H3,(H,24,26). The van der Waals surface area contributed by atoms with E-state index in [1.165, 1.54) is 4.31 Å². The van der Waals surface area contributed by atoms with E-state index in [2.05, 4.69) is 21.2 Å². The van der Waals surface area contributed by atoms with E-state index in [1.54, 1.807) is 45.0 Å². The van der Waals surface area contributed by atoms with Gasteiger partial charge >= 0.3 is 6.09 Å². The summed E-state index contributed by atoms with van der Waals surface area (Å²) in [7, 11) is -3.66. The molecule has 1 amide bonds. The summed E-state index contributed by atoms with van der Waals surface area (Å²) in [5.41, 5.74) is 2.13. The maximum Gasteiger partial charge on any atom is 0.408 e. The van der Waals surface area contributed by atoms with Crippen molar-refractivity contribution in [2.45, 2.75) is 57.2 Å². The van der Waals surface area contributed by atoms with Gasteiger partial charge in [-0.1, -0.05) is 39.7 Å². The Morgan fingerprint density at radius 1 is 1.17 bits per heavy atom. The quantitative estimate of drug-likeness (QED) is 0.656. The molecule has 1 heterocycles. The van der Waals surface area contributed by atoms with Crippen molar-refractivity contribution < 1.29 is 17.9 Å². The molecule has 3 rings (SSSR count). The van der Waals surface area contributed by atoms with Crippen molar-refractivity contribution in [3.8, 4) is 0 Å². The molecule has 0 aromatic heterocycles. The first kappa shape index (κ1) is 22.8. The van der Waals surface area contributed by atoms with E-state index in [-0.39, 0.29) is 24.0 Å². The summed E-state index contributed by atoms with van der Waals surface area (Å²) in [6.07, 6.45) is -0.0740. The number of hydrogen-bond acceptors (Lipinski definition) is 4. The molecule has 1 N–H and O–H groups in total. The van der Waals surface area contributed by atoms with Gasteiger partial charge in [0.2, 0.25) is 10.0 Å². The number of rotatable bonds is 3. The van der Waals surface area contributed by atoms with Gasteiger partial charge in [-0.05, 0) is 69.5 Å². The van der Waals surface area contributed by atoms with E-state index >= 15 is 0 Å². The molecule has 1 aliphatic rings. The molecule has 30 heavy (non-hydrogen) atoms. The van der Waals surface area contributed by atoms with Gasteiger partial charge in [0.1, 0.15) is 5.60 Å². The Bertz CT molecular complexity index is 1030. The number of hydrogen-bond donors (Lipinski definition) is 1. The van der Waals surface area contributed by atoms with Crippen molar-refractivity contribution in [2.24, 2.45) is 0 Å². The summed E-state index contributed by atoms with van der Waals surface area (Å²) in [5.74, 6) is 0. The molecule has 1 aliphatic heterocycles. The SMILES string of the molecule is Cc1ccc(S(=O)(=O)N2CCC(NC(=O)OC(C)(C)C)c3ccc(Br)cc3C2)cc1. The Balaban J connectivity index is 1.91. The topological polar surface area (TPSA) is 75.7 Å². The van der Waals surface area contributed by atoms with E-state index in [1.807, 2.05) is 25.1 Å². The smallest absolute Gasteiger partial charge is 0.408 e. The molecular weight excluding hydrogens is 468 g/mol. The lowest BCUT2D eigenvalue weighted by Gasteiger charge is -2.24. The number of ether oxygens (including phenoxy) is 1. The number of nitrogens with one attached hydrogen (secondary N) is 1. The van der Waals surface area contributed by atoms with Crippen LogP contribution in [0.4, 0.5) is 4.79 Å². The fraction of sp³-hybridized carbons (Fsp3) is 0.409. The van der Waals surface area contributed by atoms with Crippen LogP contribution in [-0.2, 0) is 21.3 Å². The second-order valence-corrected chi connectivity index (χ2v) is 11.3. The van der Waals surface area contributed by atoms with Gasteiger partial charge in [-0.2, -0.15) is 4.31 Å².